The number of amides is 1. The molecule has 1 saturated heterocycles. The maximum Gasteiger partial charge on any atom is 0.328 e. The second-order valence-corrected chi connectivity index (χ2v) is 5.02. The molecule has 0 spiro atoms. The quantitative estimate of drug-likeness (QED) is 0.613. The van der Waals surface area contributed by atoms with Gasteiger partial charge >= 0.3 is 5.69 Å². The van der Waals surface area contributed by atoms with Crippen LogP contribution in [0.4, 0.5) is 0 Å². The van der Waals surface area contributed by atoms with Gasteiger partial charge in [-0.1, -0.05) is 11.6 Å². The van der Waals surface area contributed by atoms with E-state index in [2.05, 4.69) is 4.98 Å². The molecule has 1 fully saturated rings. The van der Waals surface area contributed by atoms with Crippen LogP contribution in [0.5, 0.6) is 0 Å². The highest BCUT2D eigenvalue weighted by Crippen LogP contribution is 2.21. The van der Waals surface area contributed by atoms with Gasteiger partial charge in [0.25, 0.3) is 5.56 Å². The number of rotatable bonds is 3. The minimum absolute atomic E-state index is 0.118. The van der Waals surface area contributed by atoms with Crippen molar-refractivity contribution in [3.63, 3.8) is 0 Å². The van der Waals surface area contributed by atoms with Crippen molar-refractivity contribution in [3.05, 3.63) is 32.1 Å². The zero-order valence-electron chi connectivity index (χ0n) is 10.6. The molecule has 1 aliphatic heterocycles. The zero-order valence-corrected chi connectivity index (χ0v) is 11.3. The topological polar surface area (TPSA) is 121 Å². The molecule has 1 aliphatic rings. The number of aliphatic hydroxyl groups is 1. The average molecular weight is 303 g/mol. The van der Waals surface area contributed by atoms with Crippen LogP contribution in [-0.2, 0) is 4.79 Å². The van der Waals surface area contributed by atoms with E-state index in [0.29, 0.717) is 0 Å². The number of likely N-dealkylation sites (tertiary alicyclic amines) is 1. The maximum absolute atomic E-state index is 11.7. The van der Waals surface area contributed by atoms with Crippen LogP contribution < -0.4 is 17.0 Å². The summed E-state index contributed by atoms with van der Waals surface area (Å²) in [6, 6.07) is -0.640. The number of aromatic amines is 1. The number of hydrogen-bond donors (Lipinski definition) is 3. The fourth-order valence-corrected chi connectivity index (χ4v) is 2.39. The van der Waals surface area contributed by atoms with Crippen molar-refractivity contribution in [2.75, 3.05) is 19.6 Å². The second-order valence-electron chi connectivity index (χ2n) is 4.62. The number of aromatic nitrogens is 2. The van der Waals surface area contributed by atoms with Gasteiger partial charge in [0.15, 0.2) is 0 Å². The van der Waals surface area contributed by atoms with E-state index < -0.39 is 23.4 Å². The molecule has 4 N–H and O–H groups in total. The molecule has 2 heterocycles. The third-order valence-corrected chi connectivity index (χ3v) is 3.52. The minimum Gasteiger partial charge on any atom is -0.389 e. The number of nitrogens with two attached hydrogens (primary N) is 1. The van der Waals surface area contributed by atoms with Crippen LogP contribution in [0.2, 0.25) is 5.02 Å². The minimum atomic E-state index is -0.906. The van der Waals surface area contributed by atoms with Crippen molar-refractivity contribution in [2.45, 2.75) is 18.6 Å². The van der Waals surface area contributed by atoms with Gasteiger partial charge in [0.1, 0.15) is 5.02 Å². The molecular weight excluding hydrogens is 288 g/mol. The van der Waals surface area contributed by atoms with E-state index >= 15 is 0 Å². The van der Waals surface area contributed by atoms with E-state index in [1.165, 1.54) is 11.1 Å². The van der Waals surface area contributed by atoms with E-state index in [4.69, 9.17) is 17.3 Å². The number of H-pyrrole nitrogens is 1. The highest BCUT2D eigenvalue weighted by molar-refractivity contribution is 6.30. The summed E-state index contributed by atoms with van der Waals surface area (Å²) in [6.07, 6.45) is 0.449. The number of aliphatic hydroxyl groups excluding tert-OH is 1. The molecule has 1 aromatic heterocycles. The van der Waals surface area contributed by atoms with Gasteiger partial charge in [0, 0.05) is 32.3 Å². The van der Waals surface area contributed by atoms with E-state index in [1.54, 1.807) is 0 Å². The Hall–Kier alpha value is -1.64. The molecule has 0 saturated carbocycles. The van der Waals surface area contributed by atoms with Gasteiger partial charge in [-0.3, -0.25) is 19.1 Å². The van der Waals surface area contributed by atoms with Gasteiger partial charge in [0.05, 0.1) is 12.1 Å². The summed E-state index contributed by atoms with van der Waals surface area (Å²) in [6.45, 7) is 0.509. The fourth-order valence-electron chi connectivity index (χ4n) is 2.24. The first-order valence-corrected chi connectivity index (χ1v) is 6.48. The van der Waals surface area contributed by atoms with E-state index in [1.807, 2.05) is 0 Å². The van der Waals surface area contributed by atoms with Gasteiger partial charge < -0.3 is 15.7 Å². The largest absolute Gasteiger partial charge is 0.389 e. The standard InChI is InChI=1S/C11H15ClN4O4/c12-6-3-16(11(20)14-10(6)19)7-4-15(5-8(7)17)9(18)1-2-13/h3,7-8,17H,1-2,4-5,13H2,(H,14,19,20)/t7-,8-/m0/s1. The zero-order chi connectivity index (χ0) is 14.9. The molecule has 0 bridgehead atoms. The Bertz CT molecular complexity index is 626. The Balaban J connectivity index is 2.26. The average Bonchev–Trinajstić information content (AvgIpc) is 2.76. The molecule has 0 unspecified atom stereocenters. The van der Waals surface area contributed by atoms with Crippen molar-refractivity contribution in [2.24, 2.45) is 5.73 Å². The highest BCUT2D eigenvalue weighted by Gasteiger charge is 2.35. The molecule has 1 amide bonds. The first kappa shape index (κ1) is 14.8. The Labute approximate surface area is 118 Å². The van der Waals surface area contributed by atoms with Crippen LogP contribution in [0.1, 0.15) is 12.5 Å². The van der Waals surface area contributed by atoms with Crippen LogP contribution in [-0.4, -0.2) is 51.2 Å². The molecule has 0 aromatic carbocycles. The van der Waals surface area contributed by atoms with Gasteiger partial charge in [-0.15, -0.1) is 0 Å². The lowest BCUT2D eigenvalue weighted by atomic mass is 10.2. The Morgan fingerprint density at radius 1 is 1.50 bits per heavy atom. The third kappa shape index (κ3) is 2.77. The maximum atomic E-state index is 11.7. The van der Waals surface area contributed by atoms with Crippen LogP contribution in [0.15, 0.2) is 15.8 Å². The number of carbonyl (C=O) groups is 1. The number of carbonyl (C=O) groups excluding carboxylic acids is 1. The molecule has 0 aliphatic carbocycles. The smallest absolute Gasteiger partial charge is 0.328 e. The Morgan fingerprint density at radius 2 is 2.20 bits per heavy atom. The normalized spacial score (nSPS) is 22.2. The molecule has 2 atom stereocenters. The fraction of sp³-hybridized carbons (Fsp3) is 0.545. The second kappa shape index (κ2) is 5.78. The summed E-state index contributed by atoms with van der Waals surface area (Å²) in [5, 5.41) is 9.85. The molecular formula is C11H15ClN4O4. The number of hydrogen-bond acceptors (Lipinski definition) is 5. The summed E-state index contributed by atoms with van der Waals surface area (Å²) in [7, 11) is 0. The van der Waals surface area contributed by atoms with Gasteiger partial charge in [-0.25, -0.2) is 4.79 Å². The molecule has 9 heteroatoms. The van der Waals surface area contributed by atoms with Gasteiger partial charge in [0.2, 0.25) is 5.91 Å². The first-order chi connectivity index (χ1) is 9.43. The predicted octanol–water partition coefficient (Wildman–Crippen LogP) is -1.72. The van der Waals surface area contributed by atoms with Crippen molar-refractivity contribution >= 4 is 17.5 Å². The van der Waals surface area contributed by atoms with E-state index in [0.717, 1.165) is 4.57 Å². The number of β-amino-alcohol motifs (C(OH)–C–C–N with tert-alkyl or cyclic N) is 1. The highest BCUT2D eigenvalue weighted by atomic mass is 35.5. The summed E-state index contributed by atoms with van der Waals surface area (Å²) >= 11 is 5.68. The number of nitrogens with one attached hydrogen (secondary N) is 1. The van der Waals surface area contributed by atoms with Crippen LogP contribution in [0, 0.1) is 0 Å². The van der Waals surface area contributed by atoms with Crippen molar-refractivity contribution < 1.29 is 9.90 Å². The van der Waals surface area contributed by atoms with E-state index in [-0.39, 0.29) is 37.0 Å². The van der Waals surface area contributed by atoms with Crippen LogP contribution >= 0.6 is 11.6 Å². The number of halogens is 1. The molecule has 20 heavy (non-hydrogen) atoms. The lowest BCUT2D eigenvalue weighted by Gasteiger charge is -2.17. The molecule has 1 aromatic rings. The van der Waals surface area contributed by atoms with Gasteiger partial charge in [-0.2, -0.15) is 0 Å². The summed E-state index contributed by atoms with van der Waals surface area (Å²) < 4.78 is 1.14. The first-order valence-electron chi connectivity index (χ1n) is 6.11. The molecule has 8 nitrogen and oxygen atoms in total. The monoisotopic (exact) mass is 302 g/mol. The van der Waals surface area contributed by atoms with Crippen molar-refractivity contribution in [1.82, 2.24) is 14.5 Å². The Kier molecular flexibility index (Phi) is 4.26. The predicted molar refractivity (Wildman–Crippen MR) is 71.6 cm³/mol. The van der Waals surface area contributed by atoms with Crippen molar-refractivity contribution in [1.29, 1.82) is 0 Å². The molecule has 110 valence electrons. The summed E-state index contributed by atoms with van der Waals surface area (Å²) in [4.78, 5) is 38.2. The molecule has 0 radical (unpaired) electrons. The van der Waals surface area contributed by atoms with E-state index in [9.17, 15) is 19.5 Å². The Morgan fingerprint density at radius 3 is 2.85 bits per heavy atom. The SMILES string of the molecule is NCCC(=O)N1C[C@H](O)[C@@H](n2cc(Cl)c(=O)[nH]c2=O)C1. The number of nitrogens with zero attached hydrogens (tertiary/aromatic N) is 2. The van der Waals surface area contributed by atoms with Crippen molar-refractivity contribution in [3.8, 4) is 0 Å². The van der Waals surface area contributed by atoms with Crippen LogP contribution in [0.25, 0.3) is 0 Å². The summed E-state index contributed by atoms with van der Waals surface area (Å²) in [5.74, 6) is -0.183. The molecule has 2 rings (SSSR count). The van der Waals surface area contributed by atoms with Crippen LogP contribution in [0.3, 0.4) is 0 Å². The summed E-state index contributed by atoms with van der Waals surface area (Å²) in [5.41, 5.74) is 3.96. The lowest BCUT2D eigenvalue weighted by Crippen LogP contribution is -2.36. The lowest BCUT2D eigenvalue weighted by molar-refractivity contribution is -0.130. The third-order valence-electron chi connectivity index (χ3n) is 3.25. The van der Waals surface area contributed by atoms with Gasteiger partial charge in [-0.05, 0) is 0 Å².